The van der Waals surface area contributed by atoms with Gasteiger partial charge in [-0.05, 0) is 35.7 Å². The third-order valence-electron chi connectivity index (χ3n) is 4.25. The fourth-order valence-corrected chi connectivity index (χ4v) is 2.50. The fourth-order valence-electron chi connectivity index (χ4n) is 2.50. The monoisotopic (exact) mass is 352 g/mol. The summed E-state index contributed by atoms with van der Waals surface area (Å²) >= 11 is 0. The minimum atomic E-state index is -0.485. The van der Waals surface area contributed by atoms with Crippen molar-refractivity contribution < 1.29 is 9.59 Å². The second kappa shape index (κ2) is 8.17. The summed E-state index contributed by atoms with van der Waals surface area (Å²) in [6.07, 6.45) is 1.00. The van der Waals surface area contributed by atoms with Gasteiger partial charge in [0.15, 0.2) is 0 Å². The van der Waals surface area contributed by atoms with Crippen LogP contribution in [-0.2, 0) is 17.8 Å². The Hall–Kier alpha value is -2.62. The Morgan fingerprint density at radius 2 is 1.62 bits per heavy atom. The van der Waals surface area contributed by atoms with Crippen molar-refractivity contribution in [3.05, 3.63) is 65.2 Å². The summed E-state index contributed by atoms with van der Waals surface area (Å²) in [6.45, 7) is 8.23. The first-order valence-corrected chi connectivity index (χ1v) is 8.95. The van der Waals surface area contributed by atoms with E-state index in [0.29, 0.717) is 17.8 Å². The molecule has 0 saturated carbocycles. The number of nitrogens with one attached hydrogen (secondary N) is 1. The van der Waals surface area contributed by atoms with E-state index in [4.69, 9.17) is 0 Å². The highest BCUT2D eigenvalue weighted by Gasteiger charge is 2.21. The van der Waals surface area contributed by atoms with E-state index >= 15 is 0 Å². The Balaban J connectivity index is 2.08. The number of nitrogens with zero attached hydrogens (tertiary/aromatic N) is 1. The molecule has 0 saturated heterocycles. The summed E-state index contributed by atoms with van der Waals surface area (Å²) < 4.78 is 0. The van der Waals surface area contributed by atoms with E-state index in [1.807, 2.05) is 20.8 Å². The molecule has 0 aromatic heterocycles. The molecule has 0 atom stereocenters. The van der Waals surface area contributed by atoms with Crippen LogP contribution in [-0.4, -0.2) is 23.8 Å². The third kappa shape index (κ3) is 5.19. The Labute approximate surface area is 156 Å². The molecule has 0 unspecified atom stereocenters. The van der Waals surface area contributed by atoms with Gasteiger partial charge in [0, 0.05) is 30.3 Å². The number of rotatable bonds is 5. The maximum absolute atomic E-state index is 12.7. The molecule has 2 aromatic carbocycles. The molecular formula is C22H28N2O2. The number of aryl methyl sites for hydroxylation is 1. The molecule has 26 heavy (non-hydrogen) atoms. The summed E-state index contributed by atoms with van der Waals surface area (Å²) in [4.78, 5) is 26.5. The van der Waals surface area contributed by atoms with Gasteiger partial charge in [0.05, 0.1) is 0 Å². The van der Waals surface area contributed by atoms with Crippen LogP contribution in [0.1, 0.15) is 49.2 Å². The summed E-state index contributed by atoms with van der Waals surface area (Å²) in [6, 6.07) is 15.4. The molecule has 2 rings (SSSR count). The molecule has 1 N–H and O–H groups in total. The second-order valence-corrected chi connectivity index (χ2v) is 7.62. The largest absolute Gasteiger partial charge is 0.337 e. The lowest BCUT2D eigenvalue weighted by molar-refractivity contribution is -0.123. The predicted octanol–water partition coefficient (Wildman–Crippen LogP) is 4.51. The van der Waals surface area contributed by atoms with Crippen molar-refractivity contribution in [1.82, 2.24) is 4.90 Å². The third-order valence-corrected chi connectivity index (χ3v) is 4.25. The second-order valence-electron chi connectivity index (χ2n) is 7.62. The number of benzene rings is 2. The highest BCUT2D eigenvalue weighted by atomic mass is 16.2. The van der Waals surface area contributed by atoms with Crippen molar-refractivity contribution in [3.8, 4) is 0 Å². The molecule has 0 bridgehead atoms. The van der Waals surface area contributed by atoms with Crippen LogP contribution in [0.5, 0.6) is 0 Å². The van der Waals surface area contributed by atoms with E-state index in [1.165, 1.54) is 5.56 Å². The number of hydrogen-bond acceptors (Lipinski definition) is 2. The summed E-state index contributed by atoms with van der Waals surface area (Å²) in [5.41, 5.74) is 3.09. The van der Waals surface area contributed by atoms with Crippen molar-refractivity contribution in [2.24, 2.45) is 5.41 Å². The highest BCUT2D eigenvalue weighted by molar-refractivity contribution is 5.98. The summed E-state index contributed by atoms with van der Waals surface area (Å²) in [5.74, 6) is -0.150. The molecule has 0 aliphatic rings. The molecule has 0 aliphatic heterocycles. The van der Waals surface area contributed by atoms with Gasteiger partial charge in [0.2, 0.25) is 5.91 Å². The van der Waals surface area contributed by atoms with Crippen LogP contribution in [0.2, 0.25) is 0 Å². The van der Waals surface area contributed by atoms with Crippen LogP contribution in [0.15, 0.2) is 48.5 Å². The van der Waals surface area contributed by atoms with Gasteiger partial charge in [-0.2, -0.15) is 0 Å². The van der Waals surface area contributed by atoms with Crippen molar-refractivity contribution in [2.45, 2.75) is 40.7 Å². The van der Waals surface area contributed by atoms with E-state index in [1.54, 1.807) is 36.2 Å². The SMILES string of the molecule is CCc1ccc(CN(C)C(=O)c2cccc(NC(=O)C(C)(C)C)c2)cc1. The van der Waals surface area contributed by atoms with Gasteiger partial charge in [0.1, 0.15) is 0 Å². The predicted molar refractivity (Wildman–Crippen MR) is 106 cm³/mol. The van der Waals surface area contributed by atoms with Gasteiger partial charge >= 0.3 is 0 Å². The van der Waals surface area contributed by atoms with Crippen molar-refractivity contribution in [3.63, 3.8) is 0 Å². The van der Waals surface area contributed by atoms with Crippen molar-refractivity contribution in [1.29, 1.82) is 0 Å². The molecule has 0 aliphatic carbocycles. The van der Waals surface area contributed by atoms with Crippen LogP contribution in [0.3, 0.4) is 0 Å². The van der Waals surface area contributed by atoms with Gasteiger partial charge < -0.3 is 10.2 Å². The zero-order valence-electron chi connectivity index (χ0n) is 16.3. The molecule has 0 heterocycles. The molecular weight excluding hydrogens is 324 g/mol. The van der Waals surface area contributed by atoms with Crippen LogP contribution in [0.4, 0.5) is 5.69 Å². The lowest BCUT2D eigenvalue weighted by Gasteiger charge is -2.20. The zero-order chi connectivity index (χ0) is 19.3. The Bertz CT molecular complexity index is 773. The van der Waals surface area contributed by atoms with Crippen molar-refractivity contribution >= 4 is 17.5 Å². The van der Waals surface area contributed by atoms with E-state index in [0.717, 1.165) is 12.0 Å². The van der Waals surface area contributed by atoms with Gasteiger partial charge in [-0.25, -0.2) is 0 Å². The maximum Gasteiger partial charge on any atom is 0.253 e. The number of hydrogen-bond donors (Lipinski definition) is 1. The lowest BCUT2D eigenvalue weighted by atomic mass is 9.95. The van der Waals surface area contributed by atoms with Crippen LogP contribution in [0, 0.1) is 5.41 Å². The molecule has 2 aromatic rings. The smallest absolute Gasteiger partial charge is 0.253 e. The Kier molecular flexibility index (Phi) is 6.19. The topological polar surface area (TPSA) is 49.4 Å². The van der Waals surface area contributed by atoms with Crippen LogP contribution < -0.4 is 5.32 Å². The van der Waals surface area contributed by atoms with Crippen LogP contribution >= 0.6 is 0 Å². The molecule has 0 fully saturated rings. The standard InChI is InChI=1S/C22H28N2O2/c1-6-16-10-12-17(13-11-16)15-24(5)20(25)18-8-7-9-19(14-18)23-21(26)22(2,3)4/h7-14H,6,15H2,1-5H3,(H,23,26). The molecule has 138 valence electrons. The van der Waals surface area contributed by atoms with Gasteiger partial charge in [-0.15, -0.1) is 0 Å². The number of carbonyl (C=O) groups excluding carboxylic acids is 2. The quantitative estimate of drug-likeness (QED) is 0.861. The van der Waals surface area contributed by atoms with Crippen molar-refractivity contribution in [2.75, 3.05) is 12.4 Å². The number of anilines is 1. The average molecular weight is 352 g/mol. The van der Waals surface area contributed by atoms with E-state index in [9.17, 15) is 9.59 Å². The fraction of sp³-hybridized carbons (Fsp3) is 0.364. The summed E-state index contributed by atoms with van der Waals surface area (Å²) in [5, 5.41) is 2.87. The van der Waals surface area contributed by atoms with E-state index in [2.05, 4.69) is 36.5 Å². The minimum absolute atomic E-state index is 0.0728. The van der Waals surface area contributed by atoms with Gasteiger partial charge in [-0.1, -0.05) is 58.0 Å². The molecule has 0 spiro atoms. The zero-order valence-corrected chi connectivity index (χ0v) is 16.3. The maximum atomic E-state index is 12.7. The Morgan fingerprint density at radius 3 is 2.19 bits per heavy atom. The average Bonchev–Trinajstić information content (AvgIpc) is 2.61. The molecule has 2 amide bonds. The summed E-state index contributed by atoms with van der Waals surface area (Å²) in [7, 11) is 1.79. The van der Waals surface area contributed by atoms with Crippen LogP contribution in [0.25, 0.3) is 0 Å². The highest BCUT2D eigenvalue weighted by Crippen LogP contribution is 2.19. The molecule has 4 heteroatoms. The minimum Gasteiger partial charge on any atom is -0.337 e. The van der Waals surface area contributed by atoms with Gasteiger partial charge in [0.25, 0.3) is 5.91 Å². The Morgan fingerprint density at radius 1 is 1.00 bits per heavy atom. The first kappa shape index (κ1) is 19.7. The lowest BCUT2D eigenvalue weighted by Crippen LogP contribution is -2.28. The molecule has 0 radical (unpaired) electrons. The number of amides is 2. The molecule has 4 nitrogen and oxygen atoms in total. The first-order valence-electron chi connectivity index (χ1n) is 8.95. The normalized spacial score (nSPS) is 11.1. The van der Waals surface area contributed by atoms with E-state index in [-0.39, 0.29) is 11.8 Å². The van der Waals surface area contributed by atoms with E-state index < -0.39 is 5.41 Å². The first-order chi connectivity index (χ1) is 12.2. The van der Waals surface area contributed by atoms with Gasteiger partial charge in [-0.3, -0.25) is 9.59 Å². The number of carbonyl (C=O) groups is 2.